The highest BCUT2D eigenvalue weighted by Crippen LogP contribution is 2.25. The average molecular weight is 425 g/mol. The van der Waals surface area contributed by atoms with Crippen molar-refractivity contribution in [3.05, 3.63) is 27.5 Å². The van der Waals surface area contributed by atoms with Crippen molar-refractivity contribution in [1.82, 2.24) is 4.57 Å². The molecule has 0 spiro atoms. The molecule has 1 saturated carbocycles. The van der Waals surface area contributed by atoms with Crippen LogP contribution >= 0.6 is 27.3 Å². The number of hydrogen-bond donors (Lipinski definition) is 0. The van der Waals surface area contributed by atoms with Crippen molar-refractivity contribution >= 4 is 49.4 Å². The highest BCUT2D eigenvalue weighted by Gasteiger charge is 2.21. The second-order valence-electron chi connectivity index (χ2n) is 6.17. The zero-order valence-electron chi connectivity index (χ0n) is 14.2. The highest BCUT2D eigenvalue weighted by molar-refractivity contribution is 9.10. The van der Waals surface area contributed by atoms with Gasteiger partial charge in [-0.15, -0.1) is 0 Å². The first-order valence-electron chi connectivity index (χ1n) is 8.61. The van der Waals surface area contributed by atoms with Gasteiger partial charge in [0.2, 0.25) is 0 Å². The van der Waals surface area contributed by atoms with E-state index in [-0.39, 0.29) is 24.3 Å². The van der Waals surface area contributed by atoms with Crippen molar-refractivity contribution in [3.63, 3.8) is 0 Å². The first kappa shape index (κ1) is 18.3. The van der Waals surface area contributed by atoms with E-state index in [1.165, 1.54) is 17.8 Å². The van der Waals surface area contributed by atoms with Gasteiger partial charge in [0.1, 0.15) is 6.54 Å². The lowest BCUT2D eigenvalue weighted by atomic mass is 9.89. The number of nitrogens with zero attached hydrogens (tertiary/aromatic N) is 2. The van der Waals surface area contributed by atoms with E-state index >= 15 is 0 Å². The number of carbonyl (C=O) groups excluding carboxylic acids is 2. The lowest BCUT2D eigenvalue weighted by Gasteiger charge is -2.17. The summed E-state index contributed by atoms with van der Waals surface area (Å²) in [7, 11) is 0. The molecule has 5 nitrogen and oxygen atoms in total. The summed E-state index contributed by atoms with van der Waals surface area (Å²) >= 11 is 4.89. The topological polar surface area (TPSA) is 60.7 Å². The Morgan fingerprint density at radius 3 is 2.80 bits per heavy atom. The van der Waals surface area contributed by atoms with E-state index in [1.54, 1.807) is 11.5 Å². The van der Waals surface area contributed by atoms with Crippen molar-refractivity contribution in [2.75, 3.05) is 6.61 Å². The fourth-order valence-electron chi connectivity index (χ4n) is 3.16. The number of fused-ring (bicyclic) bond motifs is 1. The van der Waals surface area contributed by atoms with E-state index in [4.69, 9.17) is 4.74 Å². The van der Waals surface area contributed by atoms with Crippen molar-refractivity contribution in [2.45, 2.75) is 45.6 Å². The molecule has 1 amide bonds. The second-order valence-corrected chi connectivity index (χ2v) is 8.10. The Morgan fingerprint density at radius 2 is 2.08 bits per heavy atom. The van der Waals surface area contributed by atoms with Gasteiger partial charge in [-0.05, 0) is 38.0 Å². The molecule has 1 fully saturated rings. The summed E-state index contributed by atoms with van der Waals surface area (Å²) in [6.45, 7) is 2.18. The Balaban J connectivity index is 2.01. The summed E-state index contributed by atoms with van der Waals surface area (Å²) in [5, 5.41) is 0. The summed E-state index contributed by atoms with van der Waals surface area (Å²) in [6.07, 6.45) is 5.21. The molecule has 0 aliphatic heterocycles. The van der Waals surface area contributed by atoms with Gasteiger partial charge in [-0.3, -0.25) is 9.59 Å². The normalized spacial score (nSPS) is 16.3. The van der Waals surface area contributed by atoms with Gasteiger partial charge in [0, 0.05) is 10.4 Å². The average Bonchev–Trinajstić information content (AvgIpc) is 2.92. The van der Waals surface area contributed by atoms with Gasteiger partial charge in [-0.2, -0.15) is 4.99 Å². The molecule has 0 unspecified atom stereocenters. The zero-order valence-corrected chi connectivity index (χ0v) is 16.6. The molecule has 0 N–H and O–H groups in total. The van der Waals surface area contributed by atoms with Gasteiger partial charge in [0.25, 0.3) is 5.91 Å². The zero-order chi connectivity index (χ0) is 17.8. The van der Waals surface area contributed by atoms with E-state index in [2.05, 4.69) is 20.9 Å². The molecule has 0 atom stereocenters. The lowest BCUT2D eigenvalue weighted by molar-refractivity contribution is -0.143. The van der Waals surface area contributed by atoms with Gasteiger partial charge >= 0.3 is 5.97 Å². The third-order valence-electron chi connectivity index (χ3n) is 4.40. The first-order chi connectivity index (χ1) is 12.1. The third kappa shape index (κ3) is 4.39. The molecule has 1 aromatic heterocycles. The molecular weight excluding hydrogens is 404 g/mol. The Kier molecular flexibility index (Phi) is 6.06. The first-order valence-corrected chi connectivity index (χ1v) is 10.2. The van der Waals surface area contributed by atoms with Crippen LogP contribution in [-0.4, -0.2) is 23.1 Å². The van der Waals surface area contributed by atoms with Crippen LogP contribution < -0.4 is 4.80 Å². The highest BCUT2D eigenvalue weighted by atomic mass is 79.9. The Labute approximate surface area is 158 Å². The number of benzene rings is 1. The molecule has 1 heterocycles. The summed E-state index contributed by atoms with van der Waals surface area (Å²) in [6, 6.07) is 5.83. The van der Waals surface area contributed by atoms with Crippen LogP contribution in [0.2, 0.25) is 0 Å². The molecule has 0 radical (unpaired) electrons. The number of aromatic nitrogens is 1. The van der Waals surface area contributed by atoms with Gasteiger partial charge in [-0.1, -0.05) is 46.5 Å². The maximum atomic E-state index is 12.6. The van der Waals surface area contributed by atoms with Crippen LogP contribution in [-0.2, 0) is 20.9 Å². The predicted octanol–water partition coefficient (Wildman–Crippen LogP) is 4.04. The van der Waals surface area contributed by atoms with E-state index in [0.717, 1.165) is 40.4 Å². The fourth-order valence-corrected chi connectivity index (χ4v) is 4.74. The molecular formula is C18H21BrN2O3S. The number of rotatable bonds is 4. The van der Waals surface area contributed by atoms with Crippen molar-refractivity contribution in [2.24, 2.45) is 10.9 Å². The molecule has 1 aromatic carbocycles. The molecule has 0 bridgehead atoms. The number of halogens is 1. The number of thiazole rings is 1. The molecule has 7 heteroatoms. The van der Waals surface area contributed by atoms with Crippen LogP contribution in [0, 0.1) is 5.92 Å². The quantitative estimate of drug-likeness (QED) is 0.695. The minimum absolute atomic E-state index is 0.0155. The maximum Gasteiger partial charge on any atom is 0.326 e. The summed E-state index contributed by atoms with van der Waals surface area (Å²) in [4.78, 5) is 29.5. The van der Waals surface area contributed by atoms with Crippen LogP contribution in [0.15, 0.2) is 27.7 Å². The maximum absolute atomic E-state index is 12.6. The minimum atomic E-state index is -0.323. The van der Waals surface area contributed by atoms with Crippen LogP contribution in [0.25, 0.3) is 10.2 Å². The molecule has 25 heavy (non-hydrogen) atoms. The standard InChI is InChI=1S/C18H21BrN2O3S/c1-2-24-16(22)11-21-14-9-8-13(19)10-15(14)25-18(21)20-17(23)12-6-4-3-5-7-12/h8-10,12H,2-7,11H2,1H3/b20-18-. The molecule has 1 aliphatic rings. The summed E-state index contributed by atoms with van der Waals surface area (Å²) < 4.78 is 8.79. The SMILES string of the molecule is CCOC(=O)Cn1/c(=N/C(=O)C2CCCCC2)sc2cc(Br)ccc21. The second kappa shape index (κ2) is 8.27. The Morgan fingerprint density at radius 1 is 1.32 bits per heavy atom. The third-order valence-corrected chi connectivity index (χ3v) is 5.93. The number of hydrogen-bond acceptors (Lipinski definition) is 4. The van der Waals surface area contributed by atoms with Crippen LogP contribution in [0.1, 0.15) is 39.0 Å². The largest absolute Gasteiger partial charge is 0.465 e. The monoisotopic (exact) mass is 424 g/mol. The Bertz CT molecular complexity index is 850. The smallest absolute Gasteiger partial charge is 0.326 e. The molecule has 0 saturated heterocycles. The molecule has 1 aliphatic carbocycles. The Hall–Kier alpha value is -1.47. The van der Waals surface area contributed by atoms with Gasteiger partial charge in [-0.25, -0.2) is 0 Å². The van der Waals surface area contributed by atoms with Crippen LogP contribution in [0.4, 0.5) is 0 Å². The van der Waals surface area contributed by atoms with E-state index in [0.29, 0.717) is 11.4 Å². The predicted molar refractivity (Wildman–Crippen MR) is 101 cm³/mol. The minimum Gasteiger partial charge on any atom is -0.465 e. The number of carbonyl (C=O) groups is 2. The molecule has 134 valence electrons. The van der Waals surface area contributed by atoms with E-state index in [1.807, 2.05) is 18.2 Å². The van der Waals surface area contributed by atoms with Crippen LogP contribution in [0.3, 0.4) is 0 Å². The number of amides is 1. The summed E-state index contributed by atoms with van der Waals surface area (Å²) in [5.41, 5.74) is 0.886. The van der Waals surface area contributed by atoms with Crippen LogP contribution in [0.5, 0.6) is 0 Å². The fraction of sp³-hybridized carbons (Fsp3) is 0.500. The molecule has 3 rings (SSSR count). The van der Waals surface area contributed by atoms with Crippen molar-refractivity contribution in [3.8, 4) is 0 Å². The number of ether oxygens (including phenoxy) is 1. The van der Waals surface area contributed by atoms with Gasteiger partial charge in [0.05, 0.1) is 16.8 Å². The van der Waals surface area contributed by atoms with Crippen molar-refractivity contribution < 1.29 is 14.3 Å². The van der Waals surface area contributed by atoms with E-state index < -0.39 is 0 Å². The summed E-state index contributed by atoms with van der Waals surface area (Å²) in [5.74, 6) is -0.374. The van der Waals surface area contributed by atoms with Gasteiger partial charge in [0.15, 0.2) is 4.80 Å². The molecule has 2 aromatic rings. The van der Waals surface area contributed by atoms with Gasteiger partial charge < -0.3 is 9.30 Å². The van der Waals surface area contributed by atoms with Crippen molar-refractivity contribution in [1.29, 1.82) is 0 Å². The van der Waals surface area contributed by atoms with E-state index in [9.17, 15) is 9.59 Å². The number of esters is 1. The lowest BCUT2D eigenvalue weighted by Crippen LogP contribution is -2.25.